The molecule has 4 aromatic rings. The number of rotatable bonds is 27. The maximum absolute atomic E-state index is 5.91. The minimum Gasteiger partial charge on any atom is -0.491 e. The van der Waals surface area contributed by atoms with Crippen molar-refractivity contribution >= 4 is 0 Å². The van der Waals surface area contributed by atoms with Gasteiger partial charge in [-0.15, -0.1) is 10.2 Å². The molecule has 1 heterocycles. The Morgan fingerprint density at radius 1 is 0.380 bits per heavy atom. The SMILES string of the molecule is CCOCCOCCOc1ccc(-c2nnc(-c3ccc(OCCOCCOCC)cc3)n2-c2ccc(OCCOCCOCC)cc2)cc1. The summed E-state index contributed by atoms with van der Waals surface area (Å²) >= 11 is 0. The van der Waals surface area contributed by atoms with Crippen LogP contribution in [0.1, 0.15) is 20.8 Å². The highest BCUT2D eigenvalue weighted by molar-refractivity contribution is 5.67. The van der Waals surface area contributed by atoms with Crippen molar-refractivity contribution in [2.24, 2.45) is 0 Å². The van der Waals surface area contributed by atoms with Gasteiger partial charge in [0.2, 0.25) is 0 Å². The number of hydrogen-bond donors (Lipinski definition) is 0. The zero-order valence-corrected chi connectivity index (χ0v) is 29.6. The van der Waals surface area contributed by atoms with Crippen LogP contribution < -0.4 is 14.2 Å². The van der Waals surface area contributed by atoms with Crippen LogP contribution in [0.15, 0.2) is 72.8 Å². The second kappa shape index (κ2) is 23.4. The van der Waals surface area contributed by atoms with E-state index in [0.29, 0.717) is 111 Å². The van der Waals surface area contributed by atoms with E-state index in [0.717, 1.165) is 34.1 Å². The van der Waals surface area contributed by atoms with Gasteiger partial charge in [-0.3, -0.25) is 4.57 Å². The van der Waals surface area contributed by atoms with Crippen molar-refractivity contribution in [3.05, 3.63) is 72.8 Å². The van der Waals surface area contributed by atoms with Crippen LogP contribution in [-0.4, -0.2) is 114 Å². The predicted molar refractivity (Wildman–Crippen MR) is 191 cm³/mol. The van der Waals surface area contributed by atoms with Crippen molar-refractivity contribution in [2.75, 3.05) is 99.1 Å². The second-order valence-electron chi connectivity index (χ2n) is 10.7. The summed E-state index contributed by atoms with van der Waals surface area (Å²) in [6, 6.07) is 23.5. The molecule has 0 saturated carbocycles. The Morgan fingerprint density at radius 2 is 0.680 bits per heavy atom. The Kier molecular flexibility index (Phi) is 18.1. The van der Waals surface area contributed by atoms with E-state index in [1.807, 2.05) is 98.1 Å². The maximum Gasteiger partial charge on any atom is 0.168 e. The van der Waals surface area contributed by atoms with Crippen LogP contribution in [0.2, 0.25) is 0 Å². The molecule has 4 rings (SSSR count). The first-order chi connectivity index (χ1) is 24.7. The maximum atomic E-state index is 5.91. The van der Waals surface area contributed by atoms with Gasteiger partial charge in [-0.2, -0.15) is 0 Å². The minimum absolute atomic E-state index is 0.441. The lowest BCUT2D eigenvalue weighted by Crippen LogP contribution is -2.10. The van der Waals surface area contributed by atoms with E-state index in [4.69, 9.17) is 42.6 Å². The normalized spacial score (nSPS) is 11.2. The standard InChI is InChI=1S/C38H51N3O9/c1-4-42-19-22-45-25-28-48-34-13-7-31(8-14-34)37-39-40-38(32-9-15-35(16-10-32)49-29-26-46-23-20-43-5-2)41(37)33-11-17-36(18-12-33)50-30-27-47-24-21-44-6-3/h7-18H,4-6,19-30H2,1-3H3. The fraction of sp³-hybridized carbons (Fsp3) is 0.474. The molecular formula is C38H51N3O9. The van der Waals surface area contributed by atoms with Gasteiger partial charge in [0.05, 0.1) is 59.5 Å². The first-order valence-electron chi connectivity index (χ1n) is 17.3. The van der Waals surface area contributed by atoms with E-state index >= 15 is 0 Å². The number of aromatic nitrogens is 3. The molecule has 0 saturated heterocycles. The summed E-state index contributed by atoms with van der Waals surface area (Å²) in [4.78, 5) is 0. The monoisotopic (exact) mass is 693 g/mol. The molecule has 0 aliphatic rings. The molecule has 0 spiro atoms. The minimum atomic E-state index is 0.441. The first kappa shape index (κ1) is 38.8. The lowest BCUT2D eigenvalue weighted by Gasteiger charge is -2.13. The summed E-state index contributed by atoms with van der Waals surface area (Å²) in [6.07, 6.45) is 0. The molecule has 0 radical (unpaired) electrons. The fourth-order valence-electron chi connectivity index (χ4n) is 4.74. The van der Waals surface area contributed by atoms with Crippen LogP contribution in [0.25, 0.3) is 28.5 Å². The van der Waals surface area contributed by atoms with Crippen LogP contribution >= 0.6 is 0 Å². The molecule has 50 heavy (non-hydrogen) atoms. The van der Waals surface area contributed by atoms with Gasteiger partial charge in [0.25, 0.3) is 0 Å². The Morgan fingerprint density at radius 3 is 1.02 bits per heavy atom. The summed E-state index contributed by atoms with van der Waals surface area (Å²) in [5, 5.41) is 9.26. The number of ether oxygens (including phenoxy) is 9. The van der Waals surface area contributed by atoms with Crippen molar-refractivity contribution in [2.45, 2.75) is 20.8 Å². The average Bonchev–Trinajstić information content (AvgIpc) is 3.60. The summed E-state index contributed by atoms with van der Waals surface area (Å²) in [6.45, 7) is 14.1. The van der Waals surface area contributed by atoms with Crippen molar-refractivity contribution < 1.29 is 42.6 Å². The molecule has 272 valence electrons. The van der Waals surface area contributed by atoms with Crippen molar-refractivity contribution in [3.63, 3.8) is 0 Å². The van der Waals surface area contributed by atoms with E-state index in [9.17, 15) is 0 Å². The third kappa shape index (κ3) is 13.3. The smallest absolute Gasteiger partial charge is 0.168 e. The molecule has 3 aromatic carbocycles. The van der Waals surface area contributed by atoms with Crippen LogP contribution in [0.4, 0.5) is 0 Å². The van der Waals surface area contributed by atoms with Crippen molar-refractivity contribution in [1.29, 1.82) is 0 Å². The van der Waals surface area contributed by atoms with E-state index in [1.54, 1.807) is 0 Å². The molecule has 12 heteroatoms. The topological polar surface area (TPSA) is 114 Å². The molecule has 0 atom stereocenters. The summed E-state index contributed by atoms with van der Waals surface area (Å²) < 4.78 is 52.3. The Hall–Kier alpha value is -4.04. The molecule has 12 nitrogen and oxygen atoms in total. The molecule has 0 bridgehead atoms. The molecule has 1 aromatic heterocycles. The summed E-state index contributed by atoms with van der Waals surface area (Å²) in [7, 11) is 0. The molecule has 0 aliphatic heterocycles. The second-order valence-corrected chi connectivity index (χ2v) is 10.7. The van der Waals surface area contributed by atoms with Gasteiger partial charge in [0, 0.05) is 36.6 Å². The Bertz CT molecular complexity index is 1370. The summed E-state index contributed by atoms with van der Waals surface area (Å²) in [5.74, 6) is 3.60. The molecular weight excluding hydrogens is 642 g/mol. The van der Waals surface area contributed by atoms with Gasteiger partial charge in [-0.25, -0.2) is 0 Å². The van der Waals surface area contributed by atoms with E-state index in [1.165, 1.54) is 0 Å². The molecule has 0 unspecified atom stereocenters. The average molecular weight is 694 g/mol. The molecule has 0 amide bonds. The third-order valence-corrected chi connectivity index (χ3v) is 7.20. The van der Waals surface area contributed by atoms with Crippen LogP contribution in [-0.2, 0) is 28.4 Å². The van der Waals surface area contributed by atoms with Crippen LogP contribution in [0.5, 0.6) is 17.2 Å². The number of nitrogens with zero attached hydrogens (tertiary/aromatic N) is 3. The largest absolute Gasteiger partial charge is 0.491 e. The van der Waals surface area contributed by atoms with Gasteiger partial charge >= 0.3 is 0 Å². The quantitative estimate of drug-likeness (QED) is 0.0696. The van der Waals surface area contributed by atoms with Gasteiger partial charge in [-0.05, 0) is 93.6 Å². The number of hydrogen-bond acceptors (Lipinski definition) is 11. The highest BCUT2D eigenvalue weighted by Crippen LogP contribution is 2.31. The highest BCUT2D eigenvalue weighted by Gasteiger charge is 2.18. The van der Waals surface area contributed by atoms with Crippen LogP contribution in [0.3, 0.4) is 0 Å². The van der Waals surface area contributed by atoms with E-state index < -0.39 is 0 Å². The lowest BCUT2D eigenvalue weighted by atomic mass is 10.1. The third-order valence-electron chi connectivity index (χ3n) is 7.20. The number of benzene rings is 3. The molecule has 0 aliphatic carbocycles. The zero-order valence-electron chi connectivity index (χ0n) is 29.6. The van der Waals surface area contributed by atoms with Gasteiger partial charge in [0.1, 0.15) is 37.1 Å². The van der Waals surface area contributed by atoms with Crippen molar-refractivity contribution in [3.8, 4) is 45.7 Å². The van der Waals surface area contributed by atoms with Crippen molar-refractivity contribution in [1.82, 2.24) is 14.8 Å². The first-order valence-corrected chi connectivity index (χ1v) is 17.3. The van der Waals surface area contributed by atoms with Crippen LogP contribution in [0, 0.1) is 0 Å². The summed E-state index contributed by atoms with van der Waals surface area (Å²) in [5.41, 5.74) is 2.66. The molecule has 0 N–H and O–H groups in total. The Labute approximate surface area is 295 Å². The van der Waals surface area contributed by atoms with Gasteiger partial charge < -0.3 is 42.6 Å². The predicted octanol–water partition coefficient (Wildman–Crippen LogP) is 5.90. The highest BCUT2D eigenvalue weighted by atomic mass is 16.6. The van der Waals surface area contributed by atoms with E-state index in [2.05, 4.69) is 10.2 Å². The Balaban J connectivity index is 1.44. The lowest BCUT2D eigenvalue weighted by molar-refractivity contribution is 0.0405. The molecule has 0 fully saturated rings. The van der Waals surface area contributed by atoms with E-state index in [-0.39, 0.29) is 0 Å². The zero-order chi connectivity index (χ0) is 35.1. The fourth-order valence-corrected chi connectivity index (χ4v) is 4.74. The van der Waals surface area contributed by atoms with Gasteiger partial charge in [-0.1, -0.05) is 0 Å². The van der Waals surface area contributed by atoms with Gasteiger partial charge in [0.15, 0.2) is 11.6 Å².